The second-order valence-corrected chi connectivity index (χ2v) is 15.4. The van der Waals surface area contributed by atoms with Gasteiger partial charge < -0.3 is 24.6 Å². The molecular weight excluding hydrogens is 715 g/mol. The maximum absolute atomic E-state index is 12.5. The van der Waals surface area contributed by atoms with Crippen molar-refractivity contribution in [3.63, 3.8) is 0 Å². The minimum Gasteiger partial charge on any atom is -0.457 e. The van der Waals surface area contributed by atoms with Gasteiger partial charge in [0.25, 0.3) is 0 Å². The van der Waals surface area contributed by atoms with Crippen LogP contribution in [-0.4, -0.2) is 66.3 Å². The number of carbonyl (C=O) groups is 1. The van der Waals surface area contributed by atoms with Crippen LogP contribution in [0.15, 0.2) is 72.9 Å². The zero-order chi connectivity index (χ0) is 40.3. The quantitative estimate of drug-likeness (QED) is 0.0240. The number of aliphatic hydroxyl groups is 2. The summed E-state index contributed by atoms with van der Waals surface area (Å²) < 4.78 is 33.2. The van der Waals surface area contributed by atoms with Crippen molar-refractivity contribution >= 4 is 13.8 Å². The molecule has 0 aliphatic heterocycles. The van der Waals surface area contributed by atoms with Crippen LogP contribution in [0.25, 0.3) is 0 Å². The van der Waals surface area contributed by atoms with Gasteiger partial charge >= 0.3 is 13.8 Å². The Hall–Kier alpha value is -2.10. The number of rotatable bonds is 40. The molecule has 3 atom stereocenters. The van der Waals surface area contributed by atoms with E-state index >= 15 is 0 Å². The Morgan fingerprint density at radius 1 is 0.582 bits per heavy atom. The topological polar surface area (TPSA) is 132 Å². The number of allylic oxidation sites excluding steroid dienone is 11. The molecule has 0 aliphatic rings. The average Bonchev–Trinajstić information content (AvgIpc) is 3.18. The average molecular weight is 795 g/mol. The van der Waals surface area contributed by atoms with Gasteiger partial charge in [-0.05, 0) is 64.2 Å². The first-order chi connectivity index (χ1) is 26.8. The Kier molecular flexibility index (Phi) is 39.9. The maximum Gasteiger partial charge on any atom is 0.472 e. The van der Waals surface area contributed by atoms with Crippen molar-refractivity contribution < 1.29 is 43.0 Å². The molecule has 10 heteroatoms. The fourth-order valence-corrected chi connectivity index (χ4v) is 6.21. The van der Waals surface area contributed by atoms with Gasteiger partial charge in [-0.25, -0.2) is 4.57 Å². The zero-order valence-corrected chi connectivity index (χ0v) is 35.5. The van der Waals surface area contributed by atoms with Crippen LogP contribution in [0.2, 0.25) is 0 Å². The van der Waals surface area contributed by atoms with E-state index in [1.54, 1.807) is 6.08 Å². The van der Waals surface area contributed by atoms with E-state index in [-0.39, 0.29) is 13.0 Å². The van der Waals surface area contributed by atoms with Crippen LogP contribution in [-0.2, 0) is 27.9 Å². The normalized spacial score (nSPS) is 14.8. The first-order valence-corrected chi connectivity index (χ1v) is 22.9. The summed E-state index contributed by atoms with van der Waals surface area (Å²) in [5.74, 6) is -0.512. The van der Waals surface area contributed by atoms with Crippen LogP contribution in [0.5, 0.6) is 0 Å². The van der Waals surface area contributed by atoms with E-state index in [4.69, 9.17) is 23.6 Å². The van der Waals surface area contributed by atoms with E-state index in [0.717, 1.165) is 44.9 Å². The molecule has 55 heavy (non-hydrogen) atoms. The van der Waals surface area contributed by atoms with E-state index in [1.165, 1.54) is 89.9 Å². The maximum atomic E-state index is 12.5. The van der Waals surface area contributed by atoms with Gasteiger partial charge in [0.2, 0.25) is 0 Å². The summed E-state index contributed by atoms with van der Waals surface area (Å²) in [6, 6.07) is 0. The second-order valence-electron chi connectivity index (χ2n) is 14.0. The predicted molar refractivity (Wildman–Crippen MR) is 228 cm³/mol. The van der Waals surface area contributed by atoms with Gasteiger partial charge in [0.15, 0.2) is 0 Å². The molecule has 0 aromatic rings. The summed E-state index contributed by atoms with van der Waals surface area (Å²) in [5.41, 5.74) is 0. The molecule has 3 unspecified atom stereocenters. The van der Waals surface area contributed by atoms with Crippen molar-refractivity contribution in [3.8, 4) is 0 Å². The number of phosphoric ester groups is 1. The Balaban J connectivity index is 4.29. The highest BCUT2D eigenvalue weighted by Crippen LogP contribution is 2.43. The third-order valence-electron chi connectivity index (χ3n) is 8.66. The highest BCUT2D eigenvalue weighted by Gasteiger charge is 2.26. The Bertz CT molecular complexity index is 1080. The number of esters is 1. The first-order valence-electron chi connectivity index (χ1n) is 21.4. The summed E-state index contributed by atoms with van der Waals surface area (Å²) in [6.45, 7) is 3.25. The fourth-order valence-electron chi connectivity index (χ4n) is 5.42. The molecule has 0 bridgehead atoms. The van der Waals surface area contributed by atoms with Crippen molar-refractivity contribution in [2.75, 3.05) is 33.0 Å². The van der Waals surface area contributed by atoms with Crippen LogP contribution in [0.3, 0.4) is 0 Å². The Morgan fingerprint density at radius 3 is 1.55 bits per heavy atom. The molecule has 3 N–H and O–H groups in total. The third-order valence-corrected chi connectivity index (χ3v) is 9.61. The van der Waals surface area contributed by atoms with Crippen LogP contribution in [0, 0.1) is 0 Å². The van der Waals surface area contributed by atoms with Crippen molar-refractivity contribution in [1.82, 2.24) is 0 Å². The molecule has 318 valence electrons. The molecule has 0 radical (unpaired) electrons. The number of phosphoric acid groups is 1. The molecule has 9 nitrogen and oxygen atoms in total. The summed E-state index contributed by atoms with van der Waals surface area (Å²) in [6.07, 6.45) is 48.9. The van der Waals surface area contributed by atoms with Crippen LogP contribution >= 0.6 is 7.82 Å². The largest absolute Gasteiger partial charge is 0.472 e. The number of hydrogen-bond donors (Lipinski definition) is 3. The number of unbranched alkanes of at least 4 members (excludes halogenated alkanes) is 15. The smallest absolute Gasteiger partial charge is 0.457 e. The molecule has 0 saturated carbocycles. The van der Waals surface area contributed by atoms with Crippen LogP contribution < -0.4 is 0 Å². The SMILES string of the molecule is CC/C=C\C/C=C\C/C=C\C/C=C\C/C=C\CC(=O)OC(COCCCCCCCCCC/C=C\CCCCCCCCC)COP(=O)(O)OCC(O)CO. The predicted octanol–water partition coefficient (Wildman–Crippen LogP) is 11.8. The highest BCUT2D eigenvalue weighted by atomic mass is 31.2. The van der Waals surface area contributed by atoms with Crippen molar-refractivity contribution in [2.24, 2.45) is 0 Å². The van der Waals surface area contributed by atoms with E-state index in [1.807, 2.05) is 12.2 Å². The standard InChI is InChI=1S/C45H79O9P/c1-3-5-7-9-11-13-15-17-19-20-21-22-24-26-28-30-32-34-36-38-51-41-44(42-53-55(49,50)52-40-43(47)39-46)54-45(48)37-35-33-31-29-27-25-23-18-16-14-12-10-8-6-4-2/h6,8,12,14,18-20,23,27,29,33,35,43-44,46-47H,3-5,7,9-11,13,15-17,21-22,24-26,28,30-32,34,36-42H2,1-2H3,(H,49,50)/b8-6-,14-12-,20-19-,23-18-,29-27-,35-33-. The lowest BCUT2D eigenvalue weighted by Crippen LogP contribution is -2.28. The minimum atomic E-state index is -4.55. The second kappa shape index (κ2) is 41.5. The molecule has 0 spiro atoms. The summed E-state index contributed by atoms with van der Waals surface area (Å²) >= 11 is 0. The van der Waals surface area contributed by atoms with Crippen LogP contribution in [0.1, 0.15) is 162 Å². The van der Waals surface area contributed by atoms with Gasteiger partial charge in [0.1, 0.15) is 12.2 Å². The van der Waals surface area contributed by atoms with E-state index < -0.39 is 45.8 Å². The van der Waals surface area contributed by atoms with E-state index in [9.17, 15) is 19.4 Å². The van der Waals surface area contributed by atoms with E-state index in [2.05, 4.69) is 68.5 Å². The molecule has 0 aromatic carbocycles. The highest BCUT2D eigenvalue weighted by molar-refractivity contribution is 7.47. The lowest BCUT2D eigenvalue weighted by molar-refractivity contribution is -0.153. The molecule has 0 aromatic heterocycles. The molecule has 0 amide bonds. The van der Waals surface area contributed by atoms with Crippen LogP contribution in [0.4, 0.5) is 0 Å². The summed E-state index contributed by atoms with van der Waals surface area (Å²) in [5, 5.41) is 18.3. The monoisotopic (exact) mass is 795 g/mol. The number of hydrogen-bond acceptors (Lipinski definition) is 8. The van der Waals surface area contributed by atoms with Gasteiger partial charge in [-0.3, -0.25) is 13.8 Å². The summed E-state index contributed by atoms with van der Waals surface area (Å²) in [7, 11) is -4.55. The molecule has 0 aliphatic carbocycles. The number of aliphatic hydroxyl groups excluding tert-OH is 2. The number of ether oxygens (including phenoxy) is 2. The third kappa shape index (κ3) is 41.4. The minimum absolute atomic E-state index is 0.00413. The van der Waals surface area contributed by atoms with Gasteiger partial charge in [0.05, 0.1) is 32.8 Å². The molecule has 0 fully saturated rings. The Morgan fingerprint density at radius 2 is 1.04 bits per heavy atom. The summed E-state index contributed by atoms with van der Waals surface area (Å²) in [4.78, 5) is 22.5. The van der Waals surface area contributed by atoms with Gasteiger partial charge in [0, 0.05) is 6.61 Å². The molecule has 0 rings (SSSR count). The fraction of sp³-hybridized carbons (Fsp3) is 0.711. The molecular formula is C45H79O9P. The number of carbonyl (C=O) groups excluding carboxylic acids is 1. The first kappa shape index (κ1) is 52.9. The van der Waals surface area contributed by atoms with Crippen molar-refractivity contribution in [3.05, 3.63) is 72.9 Å². The van der Waals surface area contributed by atoms with Gasteiger partial charge in [-0.15, -0.1) is 0 Å². The molecule has 0 heterocycles. The van der Waals surface area contributed by atoms with Crippen molar-refractivity contribution in [1.29, 1.82) is 0 Å². The lowest BCUT2D eigenvalue weighted by atomic mass is 10.1. The molecule has 0 saturated heterocycles. The van der Waals surface area contributed by atoms with Gasteiger partial charge in [-0.2, -0.15) is 0 Å². The lowest BCUT2D eigenvalue weighted by Gasteiger charge is -2.20. The zero-order valence-electron chi connectivity index (χ0n) is 34.6. The van der Waals surface area contributed by atoms with Crippen molar-refractivity contribution in [2.45, 2.75) is 174 Å². The Labute approximate surface area is 335 Å². The van der Waals surface area contributed by atoms with Gasteiger partial charge in [-0.1, -0.05) is 164 Å². The van der Waals surface area contributed by atoms with E-state index in [0.29, 0.717) is 13.0 Å².